The number of rotatable bonds is 5. The summed E-state index contributed by atoms with van der Waals surface area (Å²) in [6.45, 7) is 0.0360. The maximum Gasteiger partial charge on any atom is 0.251 e. The first-order valence-corrected chi connectivity index (χ1v) is 9.06. The van der Waals surface area contributed by atoms with Gasteiger partial charge < -0.3 is 10.4 Å². The van der Waals surface area contributed by atoms with Gasteiger partial charge in [-0.15, -0.1) is 0 Å². The second kappa shape index (κ2) is 7.12. The van der Waals surface area contributed by atoms with Crippen LogP contribution in [0.3, 0.4) is 0 Å². The van der Waals surface area contributed by atoms with Crippen LogP contribution in [0.15, 0.2) is 53.4 Å². The SMILES string of the molecule is CS(=O)(=O)c1ccc(C(=O)NCC(O)c2ccc(Cl)cc2)cc1. The molecule has 122 valence electrons. The van der Waals surface area contributed by atoms with Crippen LogP contribution in [-0.2, 0) is 9.84 Å². The number of amides is 1. The third-order valence-corrected chi connectivity index (χ3v) is 4.64. The predicted octanol–water partition coefficient (Wildman–Crippen LogP) is 2.21. The van der Waals surface area contributed by atoms with Crippen molar-refractivity contribution in [3.63, 3.8) is 0 Å². The standard InChI is InChI=1S/C16H16ClNO4S/c1-23(21,22)14-8-4-12(5-9-14)16(20)18-10-15(19)11-2-6-13(17)7-3-11/h2-9,15,19H,10H2,1H3,(H,18,20). The molecule has 0 aliphatic heterocycles. The minimum atomic E-state index is -3.29. The van der Waals surface area contributed by atoms with Gasteiger partial charge in [-0.1, -0.05) is 23.7 Å². The zero-order valence-electron chi connectivity index (χ0n) is 12.4. The smallest absolute Gasteiger partial charge is 0.251 e. The lowest BCUT2D eigenvalue weighted by Crippen LogP contribution is -2.28. The summed E-state index contributed by atoms with van der Waals surface area (Å²) in [5.74, 6) is -0.391. The van der Waals surface area contributed by atoms with E-state index < -0.39 is 21.8 Å². The number of nitrogens with one attached hydrogen (secondary N) is 1. The summed E-state index contributed by atoms with van der Waals surface area (Å²) in [6, 6.07) is 12.3. The van der Waals surface area contributed by atoms with Gasteiger partial charge in [-0.25, -0.2) is 8.42 Å². The van der Waals surface area contributed by atoms with E-state index in [1.165, 1.54) is 24.3 Å². The molecule has 2 rings (SSSR count). The van der Waals surface area contributed by atoms with E-state index in [0.717, 1.165) is 6.26 Å². The highest BCUT2D eigenvalue weighted by Crippen LogP contribution is 2.16. The van der Waals surface area contributed by atoms with Crippen molar-refractivity contribution in [3.05, 3.63) is 64.7 Å². The van der Waals surface area contributed by atoms with Crippen LogP contribution in [0.25, 0.3) is 0 Å². The van der Waals surface area contributed by atoms with Crippen molar-refractivity contribution in [1.82, 2.24) is 5.32 Å². The summed E-state index contributed by atoms with van der Waals surface area (Å²) >= 11 is 5.77. The first-order valence-electron chi connectivity index (χ1n) is 6.79. The number of hydrogen-bond acceptors (Lipinski definition) is 4. The maximum atomic E-state index is 12.0. The molecule has 0 heterocycles. The van der Waals surface area contributed by atoms with Crippen molar-refractivity contribution in [2.75, 3.05) is 12.8 Å². The van der Waals surface area contributed by atoms with Gasteiger partial charge >= 0.3 is 0 Å². The third-order valence-electron chi connectivity index (χ3n) is 3.26. The van der Waals surface area contributed by atoms with Crippen LogP contribution < -0.4 is 5.32 Å². The van der Waals surface area contributed by atoms with Gasteiger partial charge in [0.25, 0.3) is 5.91 Å². The van der Waals surface area contributed by atoms with Crippen molar-refractivity contribution >= 4 is 27.3 Å². The summed E-state index contributed by atoms with van der Waals surface area (Å²) < 4.78 is 22.7. The van der Waals surface area contributed by atoms with E-state index in [9.17, 15) is 18.3 Å². The Balaban J connectivity index is 1.98. The number of hydrogen-bond donors (Lipinski definition) is 2. The van der Waals surface area contributed by atoms with Crippen LogP contribution >= 0.6 is 11.6 Å². The lowest BCUT2D eigenvalue weighted by atomic mass is 10.1. The average Bonchev–Trinajstić information content (AvgIpc) is 2.52. The van der Waals surface area contributed by atoms with E-state index in [1.54, 1.807) is 24.3 Å². The van der Waals surface area contributed by atoms with E-state index >= 15 is 0 Å². The van der Waals surface area contributed by atoms with E-state index in [0.29, 0.717) is 16.1 Å². The van der Waals surface area contributed by atoms with Crippen LogP contribution in [0, 0.1) is 0 Å². The van der Waals surface area contributed by atoms with Crippen LogP contribution in [0.2, 0.25) is 5.02 Å². The van der Waals surface area contributed by atoms with E-state index in [-0.39, 0.29) is 11.4 Å². The second-order valence-electron chi connectivity index (χ2n) is 5.07. The minimum absolute atomic E-state index is 0.0360. The number of benzene rings is 2. The molecule has 0 saturated carbocycles. The Morgan fingerprint density at radius 2 is 1.70 bits per heavy atom. The van der Waals surface area contributed by atoms with Gasteiger partial charge in [0.15, 0.2) is 9.84 Å². The molecule has 0 aliphatic carbocycles. The van der Waals surface area contributed by atoms with Crippen LogP contribution in [-0.4, -0.2) is 32.2 Å². The van der Waals surface area contributed by atoms with Crippen molar-refractivity contribution in [3.8, 4) is 0 Å². The molecule has 1 atom stereocenters. The Morgan fingerprint density at radius 3 is 2.22 bits per heavy atom. The molecule has 7 heteroatoms. The third kappa shape index (κ3) is 4.79. The molecule has 23 heavy (non-hydrogen) atoms. The molecule has 0 aliphatic rings. The molecular formula is C16H16ClNO4S. The molecule has 0 spiro atoms. The zero-order valence-corrected chi connectivity index (χ0v) is 13.9. The van der Waals surface area contributed by atoms with Crippen molar-refractivity contribution in [1.29, 1.82) is 0 Å². The number of aliphatic hydroxyl groups is 1. The Morgan fingerprint density at radius 1 is 1.13 bits per heavy atom. The van der Waals surface area contributed by atoms with Crippen molar-refractivity contribution in [2.45, 2.75) is 11.0 Å². The van der Waals surface area contributed by atoms with Gasteiger partial charge in [0.2, 0.25) is 0 Å². The molecule has 2 N–H and O–H groups in total. The second-order valence-corrected chi connectivity index (χ2v) is 7.53. The lowest BCUT2D eigenvalue weighted by Gasteiger charge is -2.12. The number of carbonyl (C=O) groups is 1. The van der Waals surface area contributed by atoms with Gasteiger partial charge in [0.1, 0.15) is 0 Å². The van der Waals surface area contributed by atoms with E-state index in [4.69, 9.17) is 11.6 Å². The molecule has 0 bridgehead atoms. The normalized spacial score (nSPS) is 12.7. The van der Waals surface area contributed by atoms with Crippen LogP contribution in [0.4, 0.5) is 0 Å². The fourth-order valence-electron chi connectivity index (χ4n) is 1.95. The topological polar surface area (TPSA) is 83.5 Å². The minimum Gasteiger partial charge on any atom is -0.387 e. The Labute approximate surface area is 139 Å². The van der Waals surface area contributed by atoms with Gasteiger partial charge in [-0.05, 0) is 42.0 Å². The molecule has 1 amide bonds. The van der Waals surface area contributed by atoms with Gasteiger partial charge in [0.05, 0.1) is 11.0 Å². The summed E-state index contributed by atoms with van der Waals surface area (Å²) in [4.78, 5) is 12.2. The lowest BCUT2D eigenvalue weighted by molar-refractivity contribution is 0.0916. The Hall–Kier alpha value is -1.89. The first-order chi connectivity index (χ1) is 10.8. The fourth-order valence-corrected chi connectivity index (χ4v) is 2.70. The van der Waals surface area contributed by atoms with E-state index in [2.05, 4.69) is 5.32 Å². The monoisotopic (exact) mass is 353 g/mol. The largest absolute Gasteiger partial charge is 0.387 e. The molecule has 0 radical (unpaired) electrons. The molecule has 2 aromatic rings. The van der Waals surface area contributed by atoms with Gasteiger partial charge in [0, 0.05) is 23.4 Å². The number of aliphatic hydroxyl groups excluding tert-OH is 1. The molecule has 2 aromatic carbocycles. The number of carbonyl (C=O) groups excluding carboxylic acids is 1. The van der Waals surface area contributed by atoms with Crippen molar-refractivity contribution in [2.24, 2.45) is 0 Å². The van der Waals surface area contributed by atoms with Crippen molar-refractivity contribution < 1.29 is 18.3 Å². The van der Waals surface area contributed by atoms with Crippen LogP contribution in [0.1, 0.15) is 22.0 Å². The number of halogens is 1. The predicted molar refractivity (Wildman–Crippen MR) is 88.3 cm³/mol. The maximum absolute atomic E-state index is 12.0. The highest BCUT2D eigenvalue weighted by atomic mass is 35.5. The molecular weight excluding hydrogens is 338 g/mol. The highest BCUT2D eigenvalue weighted by Gasteiger charge is 2.12. The summed E-state index contributed by atoms with van der Waals surface area (Å²) in [7, 11) is -3.29. The van der Waals surface area contributed by atoms with Crippen LogP contribution in [0.5, 0.6) is 0 Å². The molecule has 1 unspecified atom stereocenters. The summed E-state index contributed by atoms with van der Waals surface area (Å²) in [5.41, 5.74) is 0.961. The fraction of sp³-hybridized carbons (Fsp3) is 0.188. The molecule has 0 aromatic heterocycles. The zero-order chi connectivity index (χ0) is 17.0. The Bertz CT molecular complexity index is 786. The quantitative estimate of drug-likeness (QED) is 0.863. The number of sulfone groups is 1. The van der Waals surface area contributed by atoms with E-state index in [1.807, 2.05) is 0 Å². The van der Waals surface area contributed by atoms with Gasteiger partial charge in [-0.2, -0.15) is 0 Å². The summed E-state index contributed by atoms with van der Waals surface area (Å²) in [5, 5.41) is 13.2. The first kappa shape index (κ1) is 17.5. The average molecular weight is 354 g/mol. The molecule has 0 saturated heterocycles. The molecule has 0 fully saturated rings. The summed E-state index contributed by atoms with van der Waals surface area (Å²) in [6.07, 6.45) is 0.247. The molecule has 5 nitrogen and oxygen atoms in total. The highest BCUT2D eigenvalue weighted by molar-refractivity contribution is 7.90. The Kier molecular flexibility index (Phi) is 5.41. The van der Waals surface area contributed by atoms with Gasteiger partial charge in [-0.3, -0.25) is 4.79 Å².